The monoisotopic (exact) mass is 466 g/mol. The highest BCUT2D eigenvalue weighted by molar-refractivity contribution is 8.18. The molecule has 0 aliphatic carbocycles. The van der Waals surface area contributed by atoms with Gasteiger partial charge in [-0.25, -0.2) is 0 Å². The topological polar surface area (TPSA) is 98.9 Å². The summed E-state index contributed by atoms with van der Waals surface area (Å²) >= 11 is 13.0. The lowest BCUT2D eigenvalue weighted by Crippen LogP contribution is -2.36. The van der Waals surface area contributed by atoms with Gasteiger partial charge in [0.2, 0.25) is 5.91 Å². The molecule has 10 heteroatoms. The van der Waals surface area contributed by atoms with E-state index in [1.807, 2.05) is 12.1 Å². The highest BCUT2D eigenvalue weighted by Gasteiger charge is 2.35. The lowest BCUT2D eigenvalue weighted by Gasteiger charge is -2.13. The van der Waals surface area contributed by atoms with E-state index in [0.29, 0.717) is 33.8 Å². The number of halogens is 2. The van der Waals surface area contributed by atoms with Crippen LogP contribution >= 0.6 is 35.0 Å². The minimum Gasteiger partial charge on any atom is -0.493 e. The van der Waals surface area contributed by atoms with Crippen LogP contribution in [0.1, 0.15) is 11.1 Å². The van der Waals surface area contributed by atoms with Crippen molar-refractivity contribution in [1.82, 2.24) is 4.90 Å². The van der Waals surface area contributed by atoms with Crippen molar-refractivity contribution in [1.29, 1.82) is 0 Å². The fraction of sp³-hybridized carbons (Fsp3) is 0.150. The van der Waals surface area contributed by atoms with Gasteiger partial charge in [0.1, 0.15) is 13.2 Å². The molecule has 2 N–H and O–H groups in total. The van der Waals surface area contributed by atoms with E-state index in [9.17, 15) is 14.4 Å². The summed E-state index contributed by atoms with van der Waals surface area (Å²) in [5, 5.41) is 0.330. The average Bonchev–Trinajstić information content (AvgIpc) is 2.95. The molecule has 0 aromatic heterocycles. The van der Waals surface area contributed by atoms with Gasteiger partial charge in [-0.15, -0.1) is 0 Å². The first kappa shape index (κ1) is 22.0. The molecule has 2 aromatic carbocycles. The zero-order valence-corrected chi connectivity index (χ0v) is 18.0. The van der Waals surface area contributed by atoms with Gasteiger partial charge in [-0.3, -0.25) is 19.3 Å². The molecule has 1 fully saturated rings. The van der Waals surface area contributed by atoms with Crippen molar-refractivity contribution in [2.45, 2.75) is 6.61 Å². The van der Waals surface area contributed by atoms with E-state index < -0.39 is 23.6 Å². The zero-order valence-electron chi connectivity index (χ0n) is 15.7. The van der Waals surface area contributed by atoms with E-state index in [1.54, 1.807) is 24.3 Å². The first-order valence-electron chi connectivity index (χ1n) is 8.57. The average molecular weight is 467 g/mol. The summed E-state index contributed by atoms with van der Waals surface area (Å²) in [5.41, 5.74) is 6.50. The summed E-state index contributed by atoms with van der Waals surface area (Å²) in [4.78, 5) is 36.3. The van der Waals surface area contributed by atoms with Crippen molar-refractivity contribution >= 4 is 58.1 Å². The van der Waals surface area contributed by atoms with Crippen molar-refractivity contribution in [3.8, 4) is 11.5 Å². The van der Waals surface area contributed by atoms with Crippen LogP contribution < -0.4 is 15.2 Å². The molecule has 2 aromatic rings. The molecule has 3 amide bonds. The second kappa shape index (κ2) is 9.42. The van der Waals surface area contributed by atoms with Gasteiger partial charge in [-0.1, -0.05) is 35.3 Å². The third kappa shape index (κ3) is 5.08. The number of ether oxygens (including phenoxy) is 2. The van der Waals surface area contributed by atoms with Crippen LogP contribution in [0.2, 0.25) is 10.0 Å². The third-order valence-corrected chi connectivity index (χ3v) is 5.47. The van der Waals surface area contributed by atoms with E-state index >= 15 is 0 Å². The number of benzene rings is 2. The van der Waals surface area contributed by atoms with Crippen molar-refractivity contribution in [3.05, 3.63) is 62.5 Å². The lowest BCUT2D eigenvalue weighted by molar-refractivity contribution is -0.127. The predicted molar refractivity (Wildman–Crippen MR) is 116 cm³/mol. The lowest BCUT2D eigenvalue weighted by atomic mass is 10.1. The number of thioether (sulfide) groups is 1. The maximum absolute atomic E-state index is 12.4. The van der Waals surface area contributed by atoms with E-state index in [1.165, 1.54) is 13.2 Å². The molecule has 3 rings (SSSR count). The Morgan fingerprint density at radius 3 is 2.53 bits per heavy atom. The molecule has 0 saturated carbocycles. The molecule has 0 unspecified atom stereocenters. The number of carbonyl (C=O) groups is 3. The quantitative estimate of drug-likeness (QED) is 0.616. The molecule has 7 nitrogen and oxygen atoms in total. The summed E-state index contributed by atoms with van der Waals surface area (Å²) < 4.78 is 11.2. The van der Waals surface area contributed by atoms with Gasteiger partial charge < -0.3 is 15.2 Å². The molecule has 0 bridgehead atoms. The van der Waals surface area contributed by atoms with Crippen LogP contribution in [0.3, 0.4) is 0 Å². The van der Waals surface area contributed by atoms with E-state index in [0.717, 1.165) is 10.5 Å². The molecule has 1 saturated heterocycles. The SMILES string of the molecule is COc1cc(/C=C2\SC(=O)N(CC(N)=O)C2=O)cc(Cl)c1OCc1ccc(Cl)cc1. The number of carbonyl (C=O) groups excluding carboxylic acids is 3. The molecule has 0 spiro atoms. The first-order chi connectivity index (χ1) is 14.3. The Labute approximate surface area is 186 Å². The fourth-order valence-electron chi connectivity index (χ4n) is 2.64. The molecule has 1 aliphatic heterocycles. The zero-order chi connectivity index (χ0) is 21.8. The van der Waals surface area contributed by atoms with E-state index in [2.05, 4.69) is 0 Å². The molecule has 0 atom stereocenters. The molecular formula is C20H16Cl2N2O5S. The molecule has 0 radical (unpaired) electrons. The largest absolute Gasteiger partial charge is 0.493 e. The predicted octanol–water partition coefficient (Wildman–Crippen LogP) is 4.10. The number of nitrogens with two attached hydrogens (primary N) is 1. The maximum Gasteiger partial charge on any atom is 0.294 e. The van der Waals surface area contributed by atoms with Gasteiger partial charge in [0.15, 0.2) is 11.5 Å². The van der Waals surface area contributed by atoms with Crippen LogP contribution in [-0.2, 0) is 16.2 Å². The molecular weight excluding hydrogens is 451 g/mol. The number of methoxy groups -OCH3 is 1. The number of nitrogens with zero attached hydrogens (tertiary/aromatic N) is 1. The van der Waals surface area contributed by atoms with Gasteiger partial charge >= 0.3 is 0 Å². The Balaban J connectivity index is 1.82. The number of hydrogen-bond donors (Lipinski definition) is 1. The Morgan fingerprint density at radius 2 is 1.90 bits per heavy atom. The molecule has 30 heavy (non-hydrogen) atoms. The maximum atomic E-state index is 12.4. The van der Waals surface area contributed by atoms with Crippen LogP contribution in [0.25, 0.3) is 6.08 Å². The highest BCUT2D eigenvalue weighted by Crippen LogP contribution is 2.39. The standard InChI is InChI=1S/C20H16Cl2N2O5S/c1-28-15-7-12(8-16-19(26)24(9-17(23)25)20(27)30-16)6-14(22)18(15)29-10-11-2-4-13(21)5-3-11/h2-8H,9-10H2,1H3,(H2,23,25)/b16-8-. The van der Waals surface area contributed by atoms with Gasteiger partial charge in [-0.2, -0.15) is 0 Å². The van der Waals surface area contributed by atoms with Crippen LogP contribution in [0, 0.1) is 0 Å². The minimum atomic E-state index is -0.773. The van der Waals surface area contributed by atoms with Crippen LogP contribution in [0.15, 0.2) is 41.3 Å². The number of rotatable bonds is 7. The first-order valence-corrected chi connectivity index (χ1v) is 10.1. The van der Waals surface area contributed by atoms with Crippen LogP contribution in [0.5, 0.6) is 11.5 Å². The Bertz CT molecular complexity index is 1040. The molecule has 1 heterocycles. The fourth-order valence-corrected chi connectivity index (χ4v) is 3.88. The van der Waals surface area contributed by atoms with Gasteiger partial charge in [0.25, 0.3) is 11.1 Å². The Kier molecular flexibility index (Phi) is 6.91. The van der Waals surface area contributed by atoms with Crippen molar-refractivity contribution in [3.63, 3.8) is 0 Å². The minimum absolute atomic E-state index is 0.147. The number of amides is 3. The summed E-state index contributed by atoms with van der Waals surface area (Å²) in [6.07, 6.45) is 1.49. The molecule has 156 valence electrons. The van der Waals surface area contributed by atoms with Crippen LogP contribution in [-0.4, -0.2) is 35.6 Å². The van der Waals surface area contributed by atoms with Gasteiger partial charge in [0.05, 0.1) is 17.0 Å². The summed E-state index contributed by atoms with van der Waals surface area (Å²) in [6.45, 7) is -0.220. The van der Waals surface area contributed by atoms with Crippen molar-refractivity contribution in [2.75, 3.05) is 13.7 Å². The Hall–Kier alpha value is -2.68. The third-order valence-electron chi connectivity index (χ3n) is 4.03. The van der Waals surface area contributed by atoms with E-state index in [4.69, 9.17) is 38.4 Å². The second-order valence-corrected chi connectivity index (χ2v) is 8.02. The number of hydrogen-bond acceptors (Lipinski definition) is 6. The summed E-state index contributed by atoms with van der Waals surface area (Å²) in [6, 6.07) is 10.4. The Morgan fingerprint density at radius 1 is 1.20 bits per heavy atom. The normalized spacial score (nSPS) is 15.0. The van der Waals surface area contributed by atoms with Crippen LogP contribution in [0.4, 0.5) is 4.79 Å². The van der Waals surface area contributed by atoms with Gasteiger partial charge in [-0.05, 0) is 53.2 Å². The smallest absolute Gasteiger partial charge is 0.294 e. The second-order valence-electron chi connectivity index (χ2n) is 6.18. The number of primary amides is 1. The molecule has 1 aliphatic rings. The van der Waals surface area contributed by atoms with Crippen molar-refractivity contribution in [2.24, 2.45) is 5.73 Å². The number of imide groups is 1. The van der Waals surface area contributed by atoms with Crippen molar-refractivity contribution < 1.29 is 23.9 Å². The highest BCUT2D eigenvalue weighted by atomic mass is 35.5. The van der Waals surface area contributed by atoms with Gasteiger partial charge in [0, 0.05) is 5.02 Å². The summed E-state index contributed by atoms with van der Waals surface area (Å²) in [5.74, 6) is -0.667. The van der Waals surface area contributed by atoms with E-state index in [-0.39, 0.29) is 16.5 Å². The summed E-state index contributed by atoms with van der Waals surface area (Å²) in [7, 11) is 1.46.